The molecule has 1 atom stereocenters. The minimum atomic E-state index is -0.225. The van der Waals surface area contributed by atoms with Gasteiger partial charge in [0.2, 0.25) is 5.91 Å². The summed E-state index contributed by atoms with van der Waals surface area (Å²) in [5, 5.41) is 4.29. The molecule has 1 aliphatic heterocycles. The molecule has 2 aliphatic rings. The average Bonchev–Trinajstić information content (AvgIpc) is 3.33. The van der Waals surface area contributed by atoms with Gasteiger partial charge in [-0.3, -0.25) is 14.7 Å². The van der Waals surface area contributed by atoms with Gasteiger partial charge in [0, 0.05) is 30.2 Å². The molecular weight excluding hydrogens is 332 g/mol. The van der Waals surface area contributed by atoms with E-state index < -0.39 is 0 Å². The first-order valence-electron chi connectivity index (χ1n) is 9.20. The van der Waals surface area contributed by atoms with Crippen molar-refractivity contribution >= 4 is 17.2 Å². The van der Waals surface area contributed by atoms with Crippen LogP contribution >= 0.6 is 11.3 Å². The third kappa shape index (κ3) is 3.75. The van der Waals surface area contributed by atoms with E-state index in [-0.39, 0.29) is 11.9 Å². The Balaban J connectivity index is 1.38. The zero-order valence-electron chi connectivity index (χ0n) is 14.4. The Bertz CT molecular complexity index is 703. The number of amides is 1. The molecule has 0 bridgehead atoms. The molecule has 1 saturated heterocycles. The number of aromatic nitrogens is 2. The number of aryl methyl sites for hydroxylation is 2. The van der Waals surface area contributed by atoms with E-state index in [1.807, 2.05) is 29.7 Å². The van der Waals surface area contributed by atoms with Gasteiger partial charge in [0.15, 0.2) is 0 Å². The lowest BCUT2D eigenvalue weighted by Gasteiger charge is -2.26. The molecule has 25 heavy (non-hydrogen) atoms. The van der Waals surface area contributed by atoms with Crippen LogP contribution in [0.5, 0.6) is 0 Å². The molecule has 0 unspecified atom stereocenters. The molecule has 132 valence electrons. The Labute approximate surface area is 152 Å². The number of carbonyl (C=O) groups is 1. The predicted octanol–water partition coefficient (Wildman–Crippen LogP) is 2.52. The lowest BCUT2D eigenvalue weighted by Crippen LogP contribution is -2.40. The van der Waals surface area contributed by atoms with Crippen molar-refractivity contribution in [1.82, 2.24) is 20.2 Å². The first-order chi connectivity index (χ1) is 12.3. The highest BCUT2D eigenvalue weighted by Crippen LogP contribution is 2.28. The molecule has 0 spiro atoms. The summed E-state index contributed by atoms with van der Waals surface area (Å²) in [6.45, 7) is 2.61. The maximum atomic E-state index is 12.9. The van der Waals surface area contributed by atoms with E-state index in [4.69, 9.17) is 4.98 Å². The number of nitrogens with zero attached hydrogens (tertiary/aromatic N) is 3. The molecule has 6 heteroatoms. The predicted molar refractivity (Wildman–Crippen MR) is 98.6 cm³/mol. The molecule has 1 N–H and O–H groups in total. The van der Waals surface area contributed by atoms with Crippen molar-refractivity contribution in [3.63, 3.8) is 0 Å². The van der Waals surface area contributed by atoms with Gasteiger partial charge in [0.1, 0.15) is 6.04 Å². The number of thiazole rings is 1. The molecule has 3 heterocycles. The SMILES string of the molecule is O=C(NCCc1nc2c(s1)CCC2)[C@@H](c1cccnc1)N1CCCC1. The number of fused-ring (bicyclic) bond motifs is 1. The smallest absolute Gasteiger partial charge is 0.242 e. The normalized spacial score (nSPS) is 18.2. The Morgan fingerprint density at radius 2 is 2.16 bits per heavy atom. The summed E-state index contributed by atoms with van der Waals surface area (Å²) >= 11 is 1.82. The summed E-state index contributed by atoms with van der Waals surface area (Å²) in [5.74, 6) is 0.0824. The Hall–Kier alpha value is -1.79. The zero-order valence-corrected chi connectivity index (χ0v) is 15.2. The molecule has 2 aromatic rings. The van der Waals surface area contributed by atoms with E-state index >= 15 is 0 Å². The summed E-state index contributed by atoms with van der Waals surface area (Å²) < 4.78 is 0. The van der Waals surface area contributed by atoms with E-state index in [2.05, 4.69) is 15.2 Å². The van der Waals surface area contributed by atoms with Crippen LogP contribution < -0.4 is 5.32 Å². The number of hydrogen-bond acceptors (Lipinski definition) is 5. The van der Waals surface area contributed by atoms with Crippen molar-refractivity contribution < 1.29 is 4.79 Å². The average molecular weight is 356 g/mol. The van der Waals surface area contributed by atoms with Crippen LogP contribution in [0.25, 0.3) is 0 Å². The minimum absolute atomic E-state index is 0.0824. The molecule has 4 rings (SSSR count). The fourth-order valence-electron chi connectivity index (χ4n) is 3.81. The van der Waals surface area contributed by atoms with Crippen LogP contribution in [-0.2, 0) is 24.1 Å². The van der Waals surface area contributed by atoms with Crippen LogP contribution in [0.15, 0.2) is 24.5 Å². The van der Waals surface area contributed by atoms with Gasteiger partial charge in [0.05, 0.1) is 10.7 Å². The Morgan fingerprint density at radius 3 is 2.92 bits per heavy atom. The topological polar surface area (TPSA) is 58.1 Å². The number of pyridine rings is 1. The molecule has 1 amide bonds. The summed E-state index contributed by atoms with van der Waals surface area (Å²) in [4.78, 5) is 25.5. The first kappa shape index (κ1) is 16.7. The van der Waals surface area contributed by atoms with E-state index in [1.165, 1.54) is 23.4 Å². The minimum Gasteiger partial charge on any atom is -0.354 e. The molecule has 1 aliphatic carbocycles. The van der Waals surface area contributed by atoms with Crippen LogP contribution in [-0.4, -0.2) is 40.4 Å². The monoisotopic (exact) mass is 356 g/mol. The van der Waals surface area contributed by atoms with Gasteiger partial charge in [-0.15, -0.1) is 11.3 Å². The Morgan fingerprint density at radius 1 is 1.28 bits per heavy atom. The number of hydrogen-bond donors (Lipinski definition) is 1. The number of likely N-dealkylation sites (tertiary alicyclic amines) is 1. The number of nitrogens with one attached hydrogen (secondary N) is 1. The standard InChI is InChI=1S/C19H24N4OS/c24-19(21-10-8-17-22-15-6-3-7-16(15)25-17)18(23-11-1-2-12-23)14-5-4-9-20-13-14/h4-5,9,13,18H,1-3,6-8,10-12H2,(H,21,24)/t18-/m1/s1. The molecule has 5 nitrogen and oxygen atoms in total. The highest BCUT2D eigenvalue weighted by atomic mass is 32.1. The van der Waals surface area contributed by atoms with Crippen molar-refractivity contribution in [2.45, 2.75) is 44.6 Å². The van der Waals surface area contributed by atoms with Crippen LogP contribution in [0.2, 0.25) is 0 Å². The maximum Gasteiger partial charge on any atom is 0.242 e. The molecule has 2 aromatic heterocycles. The van der Waals surface area contributed by atoms with Crippen molar-refractivity contribution in [3.05, 3.63) is 45.7 Å². The van der Waals surface area contributed by atoms with E-state index in [1.54, 1.807) is 6.20 Å². The lowest BCUT2D eigenvalue weighted by molar-refractivity contribution is -0.126. The third-order valence-corrected chi connectivity index (χ3v) is 6.25. The van der Waals surface area contributed by atoms with Crippen molar-refractivity contribution in [1.29, 1.82) is 0 Å². The highest BCUT2D eigenvalue weighted by Gasteiger charge is 2.29. The van der Waals surface area contributed by atoms with Crippen LogP contribution in [0.3, 0.4) is 0 Å². The van der Waals surface area contributed by atoms with Gasteiger partial charge in [-0.25, -0.2) is 4.98 Å². The highest BCUT2D eigenvalue weighted by molar-refractivity contribution is 7.11. The largest absolute Gasteiger partial charge is 0.354 e. The second-order valence-electron chi connectivity index (χ2n) is 6.80. The fourth-order valence-corrected chi connectivity index (χ4v) is 4.96. The van der Waals surface area contributed by atoms with E-state index in [9.17, 15) is 4.79 Å². The summed E-state index contributed by atoms with van der Waals surface area (Å²) in [6, 6.07) is 3.68. The fraction of sp³-hybridized carbons (Fsp3) is 0.526. The van der Waals surface area contributed by atoms with Crippen LogP contribution in [0.4, 0.5) is 0 Å². The molecular formula is C19H24N4OS. The lowest BCUT2D eigenvalue weighted by atomic mass is 10.1. The van der Waals surface area contributed by atoms with Crippen molar-refractivity contribution in [2.24, 2.45) is 0 Å². The second kappa shape index (κ2) is 7.62. The Kier molecular flexibility index (Phi) is 5.08. The van der Waals surface area contributed by atoms with Gasteiger partial charge in [-0.1, -0.05) is 6.07 Å². The van der Waals surface area contributed by atoms with Gasteiger partial charge in [0.25, 0.3) is 0 Å². The summed E-state index contributed by atoms with van der Waals surface area (Å²) in [7, 11) is 0. The molecule has 0 saturated carbocycles. The second-order valence-corrected chi connectivity index (χ2v) is 7.97. The zero-order chi connectivity index (χ0) is 17.1. The summed E-state index contributed by atoms with van der Waals surface area (Å²) in [6.07, 6.45) is 10.3. The van der Waals surface area contributed by atoms with Crippen molar-refractivity contribution in [2.75, 3.05) is 19.6 Å². The molecule has 0 radical (unpaired) electrons. The van der Waals surface area contributed by atoms with Crippen LogP contribution in [0, 0.1) is 0 Å². The molecule has 1 fully saturated rings. The van der Waals surface area contributed by atoms with Crippen molar-refractivity contribution in [3.8, 4) is 0 Å². The van der Waals surface area contributed by atoms with Gasteiger partial charge in [-0.05, 0) is 56.8 Å². The van der Waals surface area contributed by atoms with Crippen LogP contribution in [0.1, 0.15) is 46.4 Å². The number of carbonyl (C=O) groups excluding carboxylic acids is 1. The third-order valence-electron chi connectivity index (χ3n) is 5.03. The van der Waals surface area contributed by atoms with E-state index in [0.29, 0.717) is 6.54 Å². The van der Waals surface area contributed by atoms with Gasteiger partial charge < -0.3 is 5.32 Å². The van der Waals surface area contributed by atoms with E-state index in [0.717, 1.165) is 49.3 Å². The number of rotatable bonds is 6. The van der Waals surface area contributed by atoms with Gasteiger partial charge in [-0.2, -0.15) is 0 Å². The maximum absolute atomic E-state index is 12.9. The quantitative estimate of drug-likeness (QED) is 0.864. The first-order valence-corrected chi connectivity index (χ1v) is 10.0. The molecule has 0 aromatic carbocycles. The summed E-state index contributed by atoms with van der Waals surface area (Å²) in [5.41, 5.74) is 2.27. The van der Waals surface area contributed by atoms with Gasteiger partial charge >= 0.3 is 0 Å².